The Balaban J connectivity index is 1.44. The second kappa shape index (κ2) is 11.0. The minimum Gasteiger partial charge on any atom is -0.323 e. The summed E-state index contributed by atoms with van der Waals surface area (Å²) < 4.78 is 5.13. The number of pyridine rings is 1. The summed E-state index contributed by atoms with van der Waals surface area (Å²) in [5, 5.41) is 12.4. The molecule has 0 saturated heterocycles. The molecule has 11 heteroatoms. The van der Waals surface area contributed by atoms with Crippen molar-refractivity contribution < 1.29 is 4.79 Å². The topological polar surface area (TPSA) is 113 Å². The predicted molar refractivity (Wildman–Crippen MR) is 162 cm³/mol. The molecule has 6 rings (SSSR count). The van der Waals surface area contributed by atoms with Gasteiger partial charge in [0.25, 0.3) is 5.56 Å². The first-order chi connectivity index (χ1) is 20.2. The van der Waals surface area contributed by atoms with Crippen LogP contribution in [0.25, 0.3) is 33.6 Å². The quantitative estimate of drug-likeness (QED) is 0.304. The van der Waals surface area contributed by atoms with E-state index in [2.05, 4.69) is 20.5 Å². The molecule has 2 atom stereocenters. The predicted octanol–water partition coefficient (Wildman–Crippen LogP) is 5.42. The number of benzene rings is 1. The molecular formula is C31H31ClN8O2. The van der Waals surface area contributed by atoms with Crippen LogP contribution in [0, 0.1) is 12.8 Å². The summed E-state index contributed by atoms with van der Waals surface area (Å²) in [6.07, 6.45) is 8.92. The maximum atomic E-state index is 13.8. The van der Waals surface area contributed by atoms with Gasteiger partial charge in [-0.15, -0.1) is 0 Å². The Morgan fingerprint density at radius 3 is 2.60 bits per heavy atom. The smallest absolute Gasteiger partial charge is 0.254 e. The van der Waals surface area contributed by atoms with Crippen LogP contribution in [0.1, 0.15) is 43.6 Å². The largest absolute Gasteiger partial charge is 0.323 e. The third kappa shape index (κ3) is 5.14. The van der Waals surface area contributed by atoms with E-state index in [4.69, 9.17) is 16.6 Å². The molecule has 2 unspecified atom stereocenters. The van der Waals surface area contributed by atoms with E-state index in [0.717, 1.165) is 45.8 Å². The van der Waals surface area contributed by atoms with Crippen LogP contribution < -0.4 is 10.9 Å². The van der Waals surface area contributed by atoms with E-state index in [1.54, 1.807) is 38.7 Å². The van der Waals surface area contributed by atoms with Gasteiger partial charge in [-0.1, -0.05) is 31.0 Å². The van der Waals surface area contributed by atoms with Crippen molar-refractivity contribution in [1.29, 1.82) is 0 Å². The summed E-state index contributed by atoms with van der Waals surface area (Å²) >= 11 is 6.40. The molecule has 1 amide bonds. The number of rotatable bonds is 3. The first-order valence-electron chi connectivity index (χ1n) is 13.9. The van der Waals surface area contributed by atoms with Crippen molar-refractivity contribution in [2.24, 2.45) is 20.0 Å². The Labute approximate surface area is 248 Å². The Morgan fingerprint density at radius 2 is 1.83 bits per heavy atom. The molecule has 4 aromatic heterocycles. The zero-order valence-electron chi connectivity index (χ0n) is 23.9. The number of hydrogen-bond donors (Lipinski definition) is 1. The third-order valence-corrected chi connectivity index (χ3v) is 8.12. The van der Waals surface area contributed by atoms with E-state index in [9.17, 15) is 9.59 Å². The van der Waals surface area contributed by atoms with E-state index in [1.165, 1.54) is 0 Å². The van der Waals surface area contributed by atoms with Crippen LogP contribution in [0.4, 0.5) is 5.69 Å². The molecule has 1 N–H and O–H groups in total. The molecule has 5 aromatic rings. The van der Waals surface area contributed by atoms with Crippen molar-refractivity contribution in [3.8, 4) is 33.6 Å². The SMILES string of the molecule is Cc1nn(C)cc1-c1ccc(Cl)cc1-c1cc(=O)n(C2CCCC(C)C(=O)Nc3cnn(C)c3-c3ccnc2c3)cn1. The van der Waals surface area contributed by atoms with E-state index < -0.39 is 0 Å². The van der Waals surface area contributed by atoms with Crippen molar-refractivity contribution in [3.05, 3.63) is 88.1 Å². The maximum Gasteiger partial charge on any atom is 0.254 e. The molecule has 2 bridgehead atoms. The number of nitrogens with zero attached hydrogens (tertiary/aromatic N) is 7. The van der Waals surface area contributed by atoms with Gasteiger partial charge in [0.05, 0.1) is 47.0 Å². The lowest BCUT2D eigenvalue weighted by atomic mass is 9.96. The van der Waals surface area contributed by atoms with Crippen LogP contribution in [0.15, 0.2) is 66.1 Å². The van der Waals surface area contributed by atoms with Crippen LogP contribution >= 0.6 is 11.6 Å². The molecule has 5 heterocycles. The maximum absolute atomic E-state index is 13.8. The fraction of sp³-hybridized carbons (Fsp3) is 0.290. The van der Waals surface area contributed by atoms with Crippen molar-refractivity contribution in [3.63, 3.8) is 0 Å². The lowest BCUT2D eigenvalue weighted by Crippen LogP contribution is -2.27. The van der Waals surface area contributed by atoms with Gasteiger partial charge < -0.3 is 5.32 Å². The van der Waals surface area contributed by atoms with Crippen LogP contribution in [-0.4, -0.2) is 40.0 Å². The van der Waals surface area contributed by atoms with Crippen LogP contribution in [-0.2, 0) is 18.9 Å². The Bertz CT molecular complexity index is 1870. The average Bonchev–Trinajstić information content (AvgIpc) is 3.50. The highest BCUT2D eigenvalue weighted by molar-refractivity contribution is 6.31. The highest BCUT2D eigenvalue weighted by atomic mass is 35.5. The van der Waals surface area contributed by atoms with E-state index in [-0.39, 0.29) is 23.4 Å². The van der Waals surface area contributed by atoms with E-state index in [0.29, 0.717) is 29.2 Å². The molecule has 0 spiro atoms. The minimum atomic E-state index is -0.371. The standard InChI is InChI=1S/C31H31ClN8O2/c1-18-6-5-7-28(26-12-20(10-11-33-26)30-27(36-31(18)42)15-35-39(30)4)40-17-34-25(14-29(40)41)23-13-21(32)8-9-22(23)24-16-38(3)37-19(24)2/h8-18,28H,5-7H2,1-4H3,(H,36,42). The molecule has 0 fully saturated rings. The van der Waals surface area contributed by atoms with Crippen molar-refractivity contribution >= 4 is 23.2 Å². The molecule has 0 radical (unpaired) electrons. The summed E-state index contributed by atoms with van der Waals surface area (Å²) in [6.45, 7) is 3.86. The fourth-order valence-corrected chi connectivity index (χ4v) is 5.87. The number of carbonyl (C=O) groups excluding carboxylic acids is 1. The number of aryl methyl sites for hydroxylation is 3. The second-order valence-electron chi connectivity index (χ2n) is 10.8. The van der Waals surface area contributed by atoms with Gasteiger partial charge in [-0.2, -0.15) is 10.2 Å². The monoisotopic (exact) mass is 582 g/mol. The van der Waals surface area contributed by atoms with Crippen molar-refractivity contribution in [2.75, 3.05) is 5.32 Å². The van der Waals surface area contributed by atoms with Crippen molar-refractivity contribution in [2.45, 2.75) is 39.2 Å². The Morgan fingerprint density at radius 1 is 1.00 bits per heavy atom. The van der Waals surface area contributed by atoms with Crippen LogP contribution in [0.5, 0.6) is 0 Å². The highest BCUT2D eigenvalue weighted by Crippen LogP contribution is 2.35. The normalized spacial score (nSPS) is 17.2. The number of nitrogens with one attached hydrogen (secondary N) is 1. The Kier molecular flexibility index (Phi) is 7.24. The third-order valence-electron chi connectivity index (χ3n) is 7.89. The average molecular weight is 583 g/mol. The molecule has 0 aliphatic carbocycles. The molecular weight excluding hydrogens is 552 g/mol. The number of carbonyl (C=O) groups is 1. The summed E-state index contributed by atoms with van der Waals surface area (Å²) in [5.41, 5.74) is 6.80. The number of aromatic nitrogens is 7. The summed E-state index contributed by atoms with van der Waals surface area (Å²) in [6, 6.07) is 10.6. The first-order valence-corrected chi connectivity index (χ1v) is 14.3. The zero-order chi connectivity index (χ0) is 29.5. The summed E-state index contributed by atoms with van der Waals surface area (Å²) in [5.74, 6) is -0.265. The molecule has 42 heavy (non-hydrogen) atoms. The van der Waals surface area contributed by atoms with E-state index in [1.807, 2.05) is 64.5 Å². The Hall–Kier alpha value is -4.57. The summed E-state index contributed by atoms with van der Waals surface area (Å²) in [7, 11) is 3.71. The van der Waals surface area contributed by atoms with E-state index >= 15 is 0 Å². The van der Waals surface area contributed by atoms with Crippen LogP contribution in [0.3, 0.4) is 0 Å². The zero-order valence-corrected chi connectivity index (χ0v) is 24.6. The highest BCUT2D eigenvalue weighted by Gasteiger charge is 2.24. The molecule has 1 aromatic carbocycles. The number of anilines is 1. The lowest BCUT2D eigenvalue weighted by molar-refractivity contribution is -0.119. The van der Waals surface area contributed by atoms with Gasteiger partial charge in [0, 0.05) is 60.2 Å². The van der Waals surface area contributed by atoms with Crippen molar-refractivity contribution in [1.82, 2.24) is 34.1 Å². The van der Waals surface area contributed by atoms with Gasteiger partial charge in [0.2, 0.25) is 5.91 Å². The van der Waals surface area contributed by atoms with Gasteiger partial charge >= 0.3 is 0 Å². The molecule has 1 aliphatic heterocycles. The molecule has 10 nitrogen and oxygen atoms in total. The first kappa shape index (κ1) is 27.6. The number of halogens is 1. The number of amides is 1. The molecule has 1 aliphatic rings. The van der Waals surface area contributed by atoms with Gasteiger partial charge in [-0.25, -0.2) is 4.98 Å². The van der Waals surface area contributed by atoms with Gasteiger partial charge in [-0.05, 0) is 49.6 Å². The molecule has 0 saturated carbocycles. The van der Waals surface area contributed by atoms with Crippen LogP contribution in [0.2, 0.25) is 5.02 Å². The second-order valence-corrected chi connectivity index (χ2v) is 11.3. The number of fused-ring (bicyclic) bond motifs is 4. The number of hydrogen-bond acceptors (Lipinski definition) is 6. The molecule has 214 valence electrons. The van der Waals surface area contributed by atoms with Gasteiger partial charge in [-0.3, -0.25) is 28.5 Å². The fourth-order valence-electron chi connectivity index (χ4n) is 5.70. The van der Waals surface area contributed by atoms with Gasteiger partial charge in [0.1, 0.15) is 0 Å². The lowest BCUT2D eigenvalue weighted by Gasteiger charge is -2.22. The minimum absolute atomic E-state index is 0.0555. The van der Waals surface area contributed by atoms with Gasteiger partial charge in [0.15, 0.2) is 0 Å². The summed E-state index contributed by atoms with van der Waals surface area (Å²) in [4.78, 5) is 36.2.